The van der Waals surface area contributed by atoms with Crippen LogP contribution >= 0.6 is 0 Å². The van der Waals surface area contributed by atoms with Crippen molar-refractivity contribution in [2.45, 2.75) is 32.8 Å². The summed E-state index contributed by atoms with van der Waals surface area (Å²) in [5, 5.41) is 9.60. The third kappa shape index (κ3) is 3.12. The zero-order valence-corrected chi connectivity index (χ0v) is 11.6. The molecule has 1 atom stereocenters. The fraction of sp³-hybridized carbons (Fsp3) is 0.312. The van der Waals surface area contributed by atoms with Crippen molar-refractivity contribution >= 4 is 24.0 Å². The molecule has 0 spiro atoms. The third-order valence-electron chi connectivity index (χ3n) is 3.05. The van der Waals surface area contributed by atoms with E-state index >= 15 is 0 Å². The van der Waals surface area contributed by atoms with Crippen LogP contribution in [0.15, 0.2) is 24.8 Å². The van der Waals surface area contributed by atoms with Gasteiger partial charge in [-0.3, -0.25) is 4.79 Å². The Labute approximate surface area is 114 Å². The van der Waals surface area contributed by atoms with Gasteiger partial charge in [0.05, 0.1) is 6.10 Å². The molecule has 0 aliphatic heterocycles. The number of aromatic amines is 1. The number of aliphatic hydroxyl groups excluding tert-OH is 1. The van der Waals surface area contributed by atoms with Gasteiger partial charge in [0, 0.05) is 24.2 Å². The maximum absolute atomic E-state index is 10.9. The highest BCUT2D eigenvalue weighted by molar-refractivity contribution is 5.90. The molecule has 3 nitrogen and oxygen atoms in total. The maximum Gasteiger partial charge on any atom is 0.146 e. The molecule has 1 aliphatic rings. The molecule has 19 heavy (non-hydrogen) atoms. The molecule has 0 saturated heterocycles. The highest BCUT2D eigenvalue weighted by Crippen LogP contribution is 2.33. The monoisotopic (exact) mass is 259 g/mol. The van der Waals surface area contributed by atoms with Crippen LogP contribution in [-0.2, 0) is 4.79 Å². The largest absolute Gasteiger partial charge is 0.392 e. The number of H-pyrrole nitrogens is 1. The predicted octanol–water partition coefficient (Wildman–Crippen LogP) is 3.43. The van der Waals surface area contributed by atoms with Crippen LogP contribution in [0.3, 0.4) is 0 Å². The minimum absolute atomic E-state index is 0.435. The van der Waals surface area contributed by atoms with E-state index in [1.165, 1.54) is 0 Å². The number of hydrogen-bond acceptors (Lipinski definition) is 2. The normalized spacial score (nSPS) is 17.7. The van der Waals surface area contributed by atoms with Crippen molar-refractivity contribution in [3.05, 3.63) is 41.7 Å². The van der Waals surface area contributed by atoms with Crippen molar-refractivity contribution in [1.82, 2.24) is 4.98 Å². The molecule has 0 fully saturated rings. The molecule has 0 saturated carbocycles. The molecule has 0 bridgehead atoms. The van der Waals surface area contributed by atoms with Crippen LogP contribution in [0.4, 0.5) is 0 Å². The van der Waals surface area contributed by atoms with Gasteiger partial charge >= 0.3 is 0 Å². The van der Waals surface area contributed by atoms with Crippen molar-refractivity contribution < 1.29 is 9.90 Å². The van der Waals surface area contributed by atoms with Crippen LogP contribution in [0.5, 0.6) is 0 Å². The van der Waals surface area contributed by atoms with Gasteiger partial charge < -0.3 is 10.1 Å². The SMILES string of the molecule is C=Cc1cc(C2=C(C=O)CC(O)C2)[nH]c1C=C.CC. The van der Waals surface area contributed by atoms with Gasteiger partial charge in [0.25, 0.3) is 0 Å². The number of aliphatic hydroxyl groups is 1. The Hall–Kier alpha value is -1.87. The first kappa shape index (κ1) is 15.2. The summed E-state index contributed by atoms with van der Waals surface area (Å²) in [7, 11) is 0. The molecule has 1 unspecified atom stereocenters. The summed E-state index contributed by atoms with van der Waals surface area (Å²) in [5.74, 6) is 0. The summed E-state index contributed by atoms with van der Waals surface area (Å²) >= 11 is 0. The summed E-state index contributed by atoms with van der Waals surface area (Å²) in [5.41, 5.74) is 4.27. The lowest BCUT2D eigenvalue weighted by Gasteiger charge is -2.00. The van der Waals surface area contributed by atoms with E-state index in [9.17, 15) is 9.90 Å². The Morgan fingerprint density at radius 3 is 2.47 bits per heavy atom. The fourth-order valence-corrected chi connectivity index (χ4v) is 2.21. The van der Waals surface area contributed by atoms with Gasteiger partial charge in [-0.2, -0.15) is 0 Å². The first-order chi connectivity index (χ1) is 9.19. The fourth-order valence-electron chi connectivity index (χ4n) is 2.21. The molecule has 1 heterocycles. The van der Waals surface area contributed by atoms with Gasteiger partial charge in [-0.25, -0.2) is 0 Å². The number of carbonyl (C=O) groups excluding carboxylic acids is 1. The van der Waals surface area contributed by atoms with E-state index in [1.807, 2.05) is 19.9 Å². The van der Waals surface area contributed by atoms with E-state index in [2.05, 4.69) is 18.1 Å². The molecular weight excluding hydrogens is 238 g/mol. The second-order valence-electron chi connectivity index (χ2n) is 4.14. The highest BCUT2D eigenvalue weighted by atomic mass is 16.3. The zero-order chi connectivity index (χ0) is 14.4. The van der Waals surface area contributed by atoms with E-state index in [4.69, 9.17) is 0 Å². The average molecular weight is 259 g/mol. The number of aromatic nitrogens is 1. The molecule has 1 aromatic heterocycles. The van der Waals surface area contributed by atoms with E-state index in [0.717, 1.165) is 28.8 Å². The second-order valence-corrected chi connectivity index (χ2v) is 4.14. The van der Waals surface area contributed by atoms with E-state index < -0.39 is 6.10 Å². The standard InChI is InChI=1S/C14H15NO2.C2H6/c1-3-9-6-14(15-13(9)4-2)12-7-11(17)5-10(12)8-16;1-2/h3-4,6,8,11,15,17H,1-2,5,7H2;1-2H3. The second kappa shape index (κ2) is 6.90. The summed E-state index contributed by atoms with van der Waals surface area (Å²) < 4.78 is 0. The molecule has 0 amide bonds. The molecule has 0 aromatic carbocycles. The number of hydrogen-bond donors (Lipinski definition) is 2. The molecule has 0 radical (unpaired) electrons. The molecule has 1 aliphatic carbocycles. The number of carbonyl (C=O) groups is 1. The Balaban J connectivity index is 0.000000861. The summed E-state index contributed by atoms with van der Waals surface area (Å²) in [6, 6.07) is 1.93. The Kier molecular flexibility index (Phi) is 5.52. The molecule has 2 N–H and O–H groups in total. The molecule has 2 rings (SSSR count). The van der Waals surface area contributed by atoms with Gasteiger partial charge in [0.2, 0.25) is 0 Å². The predicted molar refractivity (Wildman–Crippen MR) is 80.5 cm³/mol. The van der Waals surface area contributed by atoms with Crippen LogP contribution in [0.25, 0.3) is 17.7 Å². The van der Waals surface area contributed by atoms with E-state index in [0.29, 0.717) is 18.4 Å². The highest BCUT2D eigenvalue weighted by Gasteiger charge is 2.24. The van der Waals surface area contributed by atoms with Crippen LogP contribution in [-0.4, -0.2) is 22.5 Å². The van der Waals surface area contributed by atoms with Gasteiger partial charge in [-0.05, 0) is 28.9 Å². The lowest BCUT2D eigenvalue weighted by atomic mass is 10.1. The zero-order valence-electron chi connectivity index (χ0n) is 11.6. The Bertz CT molecular complexity index is 483. The van der Waals surface area contributed by atoms with Crippen molar-refractivity contribution in [2.75, 3.05) is 0 Å². The average Bonchev–Trinajstić information content (AvgIpc) is 3.03. The maximum atomic E-state index is 10.9. The van der Waals surface area contributed by atoms with E-state index in [1.54, 1.807) is 12.2 Å². The molecule has 102 valence electrons. The minimum atomic E-state index is -0.451. The van der Waals surface area contributed by atoms with Crippen LogP contribution in [0.2, 0.25) is 0 Å². The first-order valence-corrected chi connectivity index (χ1v) is 6.53. The Morgan fingerprint density at radius 1 is 1.32 bits per heavy atom. The Morgan fingerprint density at radius 2 is 2.00 bits per heavy atom. The lowest BCUT2D eigenvalue weighted by Crippen LogP contribution is -1.99. The quantitative estimate of drug-likeness (QED) is 0.814. The molecule has 3 heteroatoms. The first-order valence-electron chi connectivity index (χ1n) is 6.53. The van der Waals surface area contributed by atoms with Gasteiger partial charge in [0.15, 0.2) is 0 Å². The van der Waals surface area contributed by atoms with E-state index in [-0.39, 0.29) is 0 Å². The van der Waals surface area contributed by atoms with Crippen LogP contribution in [0, 0.1) is 0 Å². The smallest absolute Gasteiger partial charge is 0.146 e. The number of nitrogens with one attached hydrogen (secondary N) is 1. The summed E-state index contributed by atoms with van der Waals surface area (Å²) in [6.45, 7) is 11.5. The summed E-state index contributed by atoms with van der Waals surface area (Å²) in [4.78, 5) is 14.1. The van der Waals surface area contributed by atoms with Gasteiger partial charge in [-0.15, -0.1) is 0 Å². The number of aldehydes is 1. The van der Waals surface area contributed by atoms with Gasteiger partial charge in [0.1, 0.15) is 6.29 Å². The van der Waals surface area contributed by atoms with Crippen LogP contribution < -0.4 is 0 Å². The molecule has 1 aromatic rings. The summed E-state index contributed by atoms with van der Waals surface area (Å²) in [6.07, 6.45) is 4.78. The van der Waals surface area contributed by atoms with Crippen molar-refractivity contribution in [2.24, 2.45) is 0 Å². The topological polar surface area (TPSA) is 53.1 Å². The minimum Gasteiger partial charge on any atom is -0.392 e. The number of rotatable bonds is 4. The van der Waals surface area contributed by atoms with Crippen molar-refractivity contribution in [3.63, 3.8) is 0 Å². The third-order valence-corrected chi connectivity index (χ3v) is 3.05. The van der Waals surface area contributed by atoms with Crippen LogP contribution in [0.1, 0.15) is 43.6 Å². The molecular formula is C16H21NO2. The van der Waals surface area contributed by atoms with Gasteiger partial charge in [-0.1, -0.05) is 33.1 Å². The van der Waals surface area contributed by atoms with Crippen molar-refractivity contribution in [1.29, 1.82) is 0 Å². The van der Waals surface area contributed by atoms with Crippen molar-refractivity contribution in [3.8, 4) is 0 Å². The lowest BCUT2D eigenvalue weighted by molar-refractivity contribution is -0.105.